The van der Waals surface area contributed by atoms with Crippen LogP contribution in [-0.2, 0) is 26.2 Å². The Bertz CT molecular complexity index is 1040. The van der Waals surface area contributed by atoms with E-state index in [2.05, 4.69) is 5.32 Å². The third-order valence-corrected chi connectivity index (χ3v) is 6.27. The molecule has 2 rings (SSSR count). The number of hydrogen-bond acceptors (Lipinski definition) is 4. The molecule has 1 atom stereocenters. The average molecular weight is 464 g/mol. The highest BCUT2D eigenvalue weighted by molar-refractivity contribution is 7.92. The lowest BCUT2D eigenvalue weighted by Gasteiger charge is -2.33. The minimum Gasteiger partial charge on any atom is -0.355 e. The quantitative estimate of drug-likeness (QED) is 0.587. The van der Waals surface area contributed by atoms with Crippen LogP contribution in [0.5, 0.6) is 0 Å². The van der Waals surface area contributed by atoms with Crippen molar-refractivity contribution in [2.45, 2.75) is 39.8 Å². The summed E-state index contributed by atoms with van der Waals surface area (Å²) in [6.45, 7) is 5.55. The van der Waals surface area contributed by atoms with Crippen LogP contribution in [0.15, 0.2) is 48.5 Å². The zero-order chi connectivity index (χ0) is 23.9. The van der Waals surface area contributed by atoms with Gasteiger partial charge < -0.3 is 10.2 Å². The first-order chi connectivity index (χ1) is 15.1. The van der Waals surface area contributed by atoms with Crippen LogP contribution in [0.4, 0.5) is 10.1 Å². The summed E-state index contributed by atoms with van der Waals surface area (Å²) in [5, 5.41) is 2.75. The predicted molar refractivity (Wildman–Crippen MR) is 123 cm³/mol. The molecule has 0 unspecified atom stereocenters. The van der Waals surface area contributed by atoms with Crippen LogP contribution in [-0.4, -0.2) is 50.5 Å². The van der Waals surface area contributed by atoms with Crippen molar-refractivity contribution in [1.82, 2.24) is 10.2 Å². The number of sulfonamides is 1. The Hall–Kier alpha value is -2.94. The molecular weight excluding hydrogens is 433 g/mol. The fraction of sp³-hybridized carbons (Fsp3) is 0.391. The third kappa shape index (κ3) is 6.53. The second-order valence-corrected chi connectivity index (χ2v) is 9.42. The average Bonchev–Trinajstić information content (AvgIpc) is 2.73. The highest BCUT2D eigenvalue weighted by atomic mass is 32.2. The summed E-state index contributed by atoms with van der Waals surface area (Å²) in [5.41, 5.74) is 1.98. The van der Waals surface area contributed by atoms with E-state index in [1.165, 1.54) is 17.0 Å². The van der Waals surface area contributed by atoms with Gasteiger partial charge in [-0.1, -0.05) is 31.2 Å². The summed E-state index contributed by atoms with van der Waals surface area (Å²) in [5.74, 6) is -1.34. The van der Waals surface area contributed by atoms with Crippen molar-refractivity contribution in [3.05, 3.63) is 65.5 Å². The van der Waals surface area contributed by atoms with Gasteiger partial charge in [-0.25, -0.2) is 12.8 Å². The van der Waals surface area contributed by atoms with Gasteiger partial charge in [0.25, 0.3) is 0 Å². The standard InChI is InChI=1S/C23H30FN3O4S/c1-5-21(23(29)25-6-2)26(15-18-10-8-7-9-17(18)3)22(28)16-27(32(4,30)31)20-13-11-19(24)12-14-20/h7-14,21H,5-6,15-16H2,1-4H3,(H,25,29)/t21-/m1/s1. The smallest absolute Gasteiger partial charge is 0.244 e. The summed E-state index contributed by atoms with van der Waals surface area (Å²) < 4.78 is 39.2. The van der Waals surface area contributed by atoms with E-state index in [9.17, 15) is 22.4 Å². The number of carbonyl (C=O) groups is 2. The number of aryl methyl sites for hydroxylation is 1. The number of anilines is 1. The molecule has 0 radical (unpaired) electrons. The van der Waals surface area contributed by atoms with E-state index in [4.69, 9.17) is 0 Å². The van der Waals surface area contributed by atoms with Crippen LogP contribution < -0.4 is 9.62 Å². The number of likely N-dealkylation sites (N-methyl/N-ethyl adjacent to an activating group) is 1. The lowest BCUT2D eigenvalue weighted by molar-refractivity contribution is -0.140. The van der Waals surface area contributed by atoms with E-state index in [0.717, 1.165) is 33.8 Å². The third-order valence-electron chi connectivity index (χ3n) is 5.13. The summed E-state index contributed by atoms with van der Waals surface area (Å²) in [6.07, 6.45) is 1.34. The molecule has 0 fully saturated rings. The molecule has 174 valence electrons. The van der Waals surface area contributed by atoms with Gasteiger partial charge in [-0.3, -0.25) is 13.9 Å². The maximum absolute atomic E-state index is 13.4. The van der Waals surface area contributed by atoms with Crippen LogP contribution in [0.2, 0.25) is 0 Å². The van der Waals surface area contributed by atoms with Gasteiger partial charge in [0.05, 0.1) is 11.9 Å². The van der Waals surface area contributed by atoms with Crippen LogP contribution in [0.25, 0.3) is 0 Å². The highest BCUT2D eigenvalue weighted by Gasteiger charge is 2.31. The number of nitrogens with zero attached hydrogens (tertiary/aromatic N) is 2. The van der Waals surface area contributed by atoms with Crippen molar-refractivity contribution in [3.63, 3.8) is 0 Å². The maximum Gasteiger partial charge on any atom is 0.244 e. The first-order valence-electron chi connectivity index (χ1n) is 10.4. The zero-order valence-corrected chi connectivity index (χ0v) is 19.7. The second kappa shape index (κ2) is 11.1. The second-order valence-electron chi connectivity index (χ2n) is 7.51. The molecule has 9 heteroatoms. The topological polar surface area (TPSA) is 86.8 Å². The molecule has 0 spiro atoms. The fourth-order valence-corrected chi connectivity index (χ4v) is 4.25. The molecule has 0 aliphatic rings. The largest absolute Gasteiger partial charge is 0.355 e. The van der Waals surface area contributed by atoms with Crippen LogP contribution in [0.1, 0.15) is 31.4 Å². The number of hydrogen-bond donors (Lipinski definition) is 1. The Morgan fingerprint density at radius 2 is 1.69 bits per heavy atom. The molecule has 0 aliphatic carbocycles. The van der Waals surface area contributed by atoms with Crippen molar-refractivity contribution in [2.75, 3.05) is 23.7 Å². The van der Waals surface area contributed by atoms with Gasteiger partial charge >= 0.3 is 0 Å². The normalized spacial score (nSPS) is 12.2. The number of amides is 2. The van der Waals surface area contributed by atoms with Gasteiger partial charge in [0, 0.05) is 13.1 Å². The Kier molecular flexibility index (Phi) is 8.77. The molecule has 0 heterocycles. The SMILES string of the molecule is CCNC(=O)[C@@H](CC)N(Cc1ccccc1C)C(=O)CN(c1ccc(F)cc1)S(C)(=O)=O. The molecule has 2 aromatic carbocycles. The van der Waals surface area contributed by atoms with Crippen LogP contribution in [0.3, 0.4) is 0 Å². The van der Waals surface area contributed by atoms with Gasteiger partial charge in [-0.2, -0.15) is 0 Å². The summed E-state index contributed by atoms with van der Waals surface area (Å²) >= 11 is 0. The number of benzene rings is 2. The zero-order valence-electron chi connectivity index (χ0n) is 18.8. The van der Waals surface area contributed by atoms with E-state index < -0.39 is 34.3 Å². The van der Waals surface area contributed by atoms with Crippen molar-refractivity contribution in [2.24, 2.45) is 0 Å². The van der Waals surface area contributed by atoms with E-state index in [1.54, 1.807) is 13.8 Å². The number of rotatable bonds is 10. The van der Waals surface area contributed by atoms with E-state index in [1.807, 2.05) is 31.2 Å². The summed E-state index contributed by atoms with van der Waals surface area (Å²) in [4.78, 5) is 27.5. The Morgan fingerprint density at radius 3 is 2.22 bits per heavy atom. The highest BCUT2D eigenvalue weighted by Crippen LogP contribution is 2.20. The van der Waals surface area contributed by atoms with Gasteiger partial charge in [-0.05, 0) is 55.7 Å². The molecule has 32 heavy (non-hydrogen) atoms. The fourth-order valence-electron chi connectivity index (χ4n) is 3.40. The van der Waals surface area contributed by atoms with Crippen LogP contribution >= 0.6 is 0 Å². The summed E-state index contributed by atoms with van der Waals surface area (Å²) in [6, 6.07) is 11.6. The number of halogens is 1. The predicted octanol–water partition coefficient (Wildman–Crippen LogP) is 2.84. The molecule has 7 nitrogen and oxygen atoms in total. The number of nitrogens with one attached hydrogen (secondary N) is 1. The maximum atomic E-state index is 13.4. The molecule has 0 saturated carbocycles. The Labute approximate surface area is 189 Å². The Balaban J connectivity index is 2.43. The van der Waals surface area contributed by atoms with Crippen molar-refractivity contribution in [3.8, 4) is 0 Å². The minimum absolute atomic E-state index is 0.155. The molecule has 0 aliphatic heterocycles. The molecule has 0 saturated heterocycles. The van der Waals surface area contributed by atoms with Crippen LogP contribution in [0, 0.1) is 12.7 Å². The molecule has 0 aromatic heterocycles. The molecular formula is C23H30FN3O4S. The van der Waals surface area contributed by atoms with Crippen molar-refractivity contribution < 1.29 is 22.4 Å². The van der Waals surface area contributed by atoms with Gasteiger partial charge in [-0.15, -0.1) is 0 Å². The first kappa shape index (κ1) is 25.3. The van der Waals surface area contributed by atoms with Gasteiger partial charge in [0.1, 0.15) is 18.4 Å². The molecule has 0 bridgehead atoms. The minimum atomic E-state index is -3.84. The summed E-state index contributed by atoms with van der Waals surface area (Å²) in [7, 11) is -3.84. The van der Waals surface area contributed by atoms with Crippen molar-refractivity contribution in [1.29, 1.82) is 0 Å². The van der Waals surface area contributed by atoms with E-state index in [-0.39, 0.29) is 18.1 Å². The first-order valence-corrected chi connectivity index (χ1v) is 12.3. The molecule has 2 aromatic rings. The van der Waals surface area contributed by atoms with Gasteiger partial charge in [0.15, 0.2) is 0 Å². The lowest BCUT2D eigenvalue weighted by atomic mass is 10.1. The lowest BCUT2D eigenvalue weighted by Crippen LogP contribution is -2.52. The van der Waals surface area contributed by atoms with Gasteiger partial charge in [0.2, 0.25) is 21.8 Å². The van der Waals surface area contributed by atoms with E-state index >= 15 is 0 Å². The van der Waals surface area contributed by atoms with E-state index in [0.29, 0.717) is 13.0 Å². The Morgan fingerprint density at radius 1 is 1.06 bits per heavy atom. The molecule has 1 N–H and O–H groups in total. The number of carbonyl (C=O) groups excluding carboxylic acids is 2. The van der Waals surface area contributed by atoms with Crippen molar-refractivity contribution >= 4 is 27.5 Å². The monoisotopic (exact) mass is 463 g/mol. The molecule has 2 amide bonds.